The van der Waals surface area contributed by atoms with E-state index >= 15 is 0 Å². The van der Waals surface area contributed by atoms with Crippen LogP contribution in [0.3, 0.4) is 0 Å². The zero-order valence-electron chi connectivity index (χ0n) is 13.0. The number of fused-ring (bicyclic) bond motifs is 1. The highest BCUT2D eigenvalue weighted by atomic mass is 32.1. The molecule has 1 aromatic carbocycles. The lowest BCUT2D eigenvalue weighted by molar-refractivity contribution is -0.267. The van der Waals surface area contributed by atoms with Crippen LogP contribution in [0.15, 0.2) is 24.3 Å². The molecule has 0 fully saturated rings. The number of carbonyl (C=O) groups excluding carboxylic acids is 1. The van der Waals surface area contributed by atoms with Crippen molar-refractivity contribution in [2.75, 3.05) is 6.54 Å². The van der Waals surface area contributed by atoms with E-state index in [1.807, 2.05) is 0 Å². The highest BCUT2D eigenvalue weighted by Gasteiger charge is 2.58. The number of para-hydroxylation sites is 1. The molecule has 3 N–H and O–H groups in total. The molecule has 136 valence electrons. The van der Waals surface area contributed by atoms with Gasteiger partial charge in [-0.25, -0.2) is 4.98 Å². The molecule has 25 heavy (non-hydrogen) atoms. The van der Waals surface area contributed by atoms with E-state index in [4.69, 9.17) is 5.11 Å². The Kier molecular flexibility index (Phi) is 5.33. The fourth-order valence-electron chi connectivity index (χ4n) is 2.00. The molecule has 0 bridgehead atoms. The number of halogens is 3. The van der Waals surface area contributed by atoms with Crippen molar-refractivity contribution in [1.82, 2.24) is 10.3 Å². The van der Waals surface area contributed by atoms with Gasteiger partial charge in [0.1, 0.15) is 5.01 Å². The molecule has 1 amide bonds. The third-order valence-electron chi connectivity index (χ3n) is 3.56. The number of carbonyl (C=O) groups is 2. The summed E-state index contributed by atoms with van der Waals surface area (Å²) in [5.41, 5.74) is -3.17. The summed E-state index contributed by atoms with van der Waals surface area (Å²) < 4.78 is 40.8. The van der Waals surface area contributed by atoms with Crippen LogP contribution >= 0.6 is 11.3 Å². The van der Waals surface area contributed by atoms with Crippen molar-refractivity contribution in [3.63, 3.8) is 0 Å². The van der Waals surface area contributed by atoms with Crippen molar-refractivity contribution >= 4 is 33.4 Å². The Hall–Kier alpha value is -2.20. The third kappa shape index (κ3) is 4.07. The van der Waals surface area contributed by atoms with Crippen LogP contribution in [0.2, 0.25) is 0 Å². The van der Waals surface area contributed by atoms with Gasteiger partial charge in [0.2, 0.25) is 11.5 Å². The molecule has 6 nitrogen and oxygen atoms in total. The molecule has 2 aromatic rings. The Labute approximate surface area is 144 Å². The molecule has 1 aromatic heterocycles. The third-order valence-corrected chi connectivity index (χ3v) is 4.75. The number of nitrogens with zero attached hydrogens (tertiary/aromatic N) is 1. The van der Waals surface area contributed by atoms with Gasteiger partial charge in [-0.05, 0) is 12.1 Å². The number of alkyl halides is 3. The summed E-state index contributed by atoms with van der Waals surface area (Å²) >= 11 is 0.647. The summed E-state index contributed by atoms with van der Waals surface area (Å²) in [4.78, 5) is 26.3. The number of hydrogen-bond donors (Lipinski definition) is 3. The average molecular weight is 376 g/mol. The number of carboxylic acid groups (broad SMARTS) is 1. The van der Waals surface area contributed by atoms with Crippen molar-refractivity contribution in [1.29, 1.82) is 0 Å². The summed E-state index contributed by atoms with van der Waals surface area (Å²) in [5.74, 6) is -3.28. The fraction of sp³-hybridized carbons (Fsp3) is 0.400. The lowest BCUT2D eigenvalue weighted by Crippen LogP contribution is -2.46. The summed E-state index contributed by atoms with van der Waals surface area (Å²) in [5, 5.41) is 20.4. The molecule has 0 saturated heterocycles. The minimum absolute atomic E-state index is 0.282. The van der Waals surface area contributed by atoms with Crippen molar-refractivity contribution in [2.45, 2.75) is 25.1 Å². The van der Waals surface area contributed by atoms with Crippen LogP contribution in [0.25, 0.3) is 10.2 Å². The lowest BCUT2D eigenvalue weighted by atomic mass is 9.99. The van der Waals surface area contributed by atoms with E-state index in [0.29, 0.717) is 16.0 Å². The van der Waals surface area contributed by atoms with Crippen LogP contribution in [-0.4, -0.2) is 39.8 Å². The van der Waals surface area contributed by atoms with Gasteiger partial charge in [0.05, 0.1) is 22.6 Å². The van der Waals surface area contributed by atoms with Gasteiger partial charge in [-0.15, -0.1) is 11.3 Å². The Balaban J connectivity index is 2.26. The van der Waals surface area contributed by atoms with E-state index in [1.165, 1.54) is 13.0 Å². The zero-order valence-corrected chi connectivity index (χ0v) is 13.8. The number of aliphatic carboxylic acids is 1. The van der Waals surface area contributed by atoms with Crippen LogP contribution in [0.5, 0.6) is 0 Å². The van der Waals surface area contributed by atoms with Crippen LogP contribution in [0, 0.1) is 5.92 Å². The van der Waals surface area contributed by atoms with Gasteiger partial charge in [0, 0.05) is 6.54 Å². The lowest BCUT2D eigenvalue weighted by Gasteiger charge is -2.28. The number of thiazole rings is 1. The van der Waals surface area contributed by atoms with Gasteiger partial charge in [-0.1, -0.05) is 19.1 Å². The second-order valence-electron chi connectivity index (χ2n) is 5.56. The summed E-state index contributed by atoms with van der Waals surface area (Å²) in [6.07, 6.45) is -6.43. The van der Waals surface area contributed by atoms with Crippen LogP contribution in [-0.2, 0) is 15.2 Å². The standard InChI is InChI=1S/C15H15F3N2O4S/c1-8(12(22)23)7-19-11(21)6-14(24,15(16,17)18)13-20-9-4-2-3-5-10(9)25-13/h2-5,8,24H,6-7H2,1H3,(H,19,21)(H,22,23). The van der Waals surface area contributed by atoms with Crippen LogP contribution < -0.4 is 5.32 Å². The van der Waals surface area contributed by atoms with E-state index in [2.05, 4.69) is 10.3 Å². The van der Waals surface area contributed by atoms with E-state index < -0.39 is 41.0 Å². The van der Waals surface area contributed by atoms with Gasteiger partial charge < -0.3 is 15.5 Å². The number of benzene rings is 1. The first-order valence-corrected chi connectivity index (χ1v) is 8.01. The molecule has 0 spiro atoms. The predicted octanol–water partition coefficient (Wildman–Crippen LogP) is 2.27. The van der Waals surface area contributed by atoms with Gasteiger partial charge in [-0.2, -0.15) is 13.2 Å². The molecule has 2 unspecified atom stereocenters. The maximum absolute atomic E-state index is 13.4. The van der Waals surface area contributed by atoms with Crippen molar-refractivity contribution < 1.29 is 33.0 Å². The highest BCUT2D eigenvalue weighted by Crippen LogP contribution is 2.44. The number of nitrogens with one attached hydrogen (secondary N) is 1. The molecule has 0 aliphatic rings. The van der Waals surface area contributed by atoms with Crippen LogP contribution in [0.4, 0.5) is 13.2 Å². The molecule has 0 saturated carbocycles. The SMILES string of the molecule is CC(CNC(=O)CC(O)(c1nc2ccccc2s1)C(F)(F)F)C(=O)O. The number of amides is 1. The minimum Gasteiger partial charge on any atom is -0.481 e. The van der Waals surface area contributed by atoms with Crippen molar-refractivity contribution in [3.05, 3.63) is 29.3 Å². The first-order valence-electron chi connectivity index (χ1n) is 7.19. The summed E-state index contributed by atoms with van der Waals surface area (Å²) in [6, 6.07) is 6.28. The Morgan fingerprint density at radius 1 is 1.32 bits per heavy atom. The number of aromatic nitrogens is 1. The Bertz CT molecular complexity index is 759. The topological polar surface area (TPSA) is 99.5 Å². The van der Waals surface area contributed by atoms with Crippen molar-refractivity contribution in [3.8, 4) is 0 Å². The molecule has 0 aliphatic heterocycles. The molecule has 2 rings (SSSR count). The fourth-order valence-corrected chi connectivity index (χ4v) is 3.07. The van der Waals surface area contributed by atoms with Gasteiger partial charge >= 0.3 is 12.1 Å². The number of hydrogen-bond acceptors (Lipinski definition) is 5. The highest BCUT2D eigenvalue weighted by molar-refractivity contribution is 7.18. The zero-order chi connectivity index (χ0) is 18.8. The number of aliphatic hydroxyl groups is 1. The van der Waals surface area contributed by atoms with Gasteiger partial charge in [0.15, 0.2) is 0 Å². The smallest absolute Gasteiger partial charge is 0.424 e. The monoisotopic (exact) mass is 376 g/mol. The normalized spacial score (nSPS) is 15.6. The largest absolute Gasteiger partial charge is 0.481 e. The maximum atomic E-state index is 13.4. The molecular formula is C15H15F3N2O4S. The molecular weight excluding hydrogens is 361 g/mol. The maximum Gasteiger partial charge on any atom is 0.424 e. The second-order valence-corrected chi connectivity index (χ2v) is 6.60. The van der Waals surface area contributed by atoms with Crippen molar-refractivity contribution in [2.24, 2.45) is 5.92 Å². The summed E-state index contributed by atoms with van der Waals surface area (Å²) in [6.45, 7) is 0.952. The molecule has 0 radical (unpaired) electrons. The Morgan fingerprint density at radius 2 is 1.96 bits per heavy atom. The molecule has 2 atom stereocenters. The van der Waals surface area contributed by atoms with E-state index in [0.717, 1.165) is 0 Å². The van der Waals surface area contributed by atoms with E-state index in [9.17, 15) is 27.9 Å². The number of rotatable bonds is 6. The predicted molar refractivity (Wildman–Crippen MR) is 84.0 cm³/mol. The minimum atomic E-state index is -5.13. The molecule has 0 aliphatic carbocycles. The first-order chi connectivity index (χ1) is 11.5. The van der Waals surface area contributed by atoms with E-state index in [-0.39, 0.29) is 12.1 Å². The van der Waals surface area contributed by atoms with Crippen LogP contribution in [0.1, 0.15) is 18.4 Å². The number of carboxylic acids is 1. The quantitative estimate of drug-likeness (QED) is 0.718. The second kappa shape index (κ2) is 6.96. The molecule has 1 heterocycles. The molecule has 10 heteroatoms. The first kappa shape index (κ1) is 19.1. The Morgan fingerprint density at radius 3 is 2.52 bits per heavy atom. The van der Waals surface area contributed by atoms with E-state index in [1.54, 1.807) is 18.2 Å². The average Bonchev–Trinajstić information content (AvgIpc) is 2.95. The van der Waals surface area contributed by atoms with Gasteiger partial charge in [0.25, 0.3) is 0 Å². The van der Waals surface area contributed by atoms with Gasteiger partial charge in [-0.3, -0.25) is 9.59 Å². The summed E-state index contributed by atoms with van der Waals surface area (Å²) in [7, 11) is 0.